The Labute approximate surface area is 75.2 Å². The summed E-state index contributed by atoms with van der Waals surface area (Å²) in [5.41, 5.74) is -0.681. The van der Waals surface area contributed by atoms with Gasteiger partial charge < -0.3 is 9.47 Å². The molecular formula is C9H10O4. The second-order valence-electron chi connectivity index (χ2n) is 4.21. The number of hydrogen-bond acceptors (Lipinski definition) is 4. The van der Waals surface area contributed by atoms with Crippen LogP contribution in [0.4, 0.5) is 0 Å². The third kappa shape index (κ3) is 0.633. The van der Waals surface area contributed by atoms with Gasteiger partial charge in [-0.1, -0.05) is 0 Å². The first kappa shape index (κ1) is 7.50. The van der Waals surface area contributed by atoms with Gasteiger partial charge in [0, 0.05) is 0 Å². The summed E-state index contributed by atoms with van der Waals surface area (Å²) in [6.07, 6.45) is 1.59. The fourth-order valence-electron chi connectivity index (χ4n) is 2.86. The molecular weight excluding hydrogens is 172 g/mol. The Kier molecular flexibility index (Phi) is 1.12. The predicted octanol–water partition coefficient (Wildman–Crippen LogP) is 0.253. The molecule has 4 nitrogen and oxygen atoms in total. The Bertz CT molecular complexity index is 311. The van der Waals surface area contributed by atoms with E-state index in [0.29, 0.717) is 0 Å². The number of rotatable bonds is 0. The van der Waals surface area contributed by atoms with Gasteiger partial charge in [0.05, 0.1) is 12.2 Å². The highest BCUT2D eigenvalue weighted by Crippen LogP contribution is 2.55. The molecule has 0 aromatic carbocycles. The lowest BCUT2D eigenvalue weighted by atomic mass is 9.69. The zero-order chi connectivity index (χ0) is 9.22. The maximum atomic E-state index is 11.5. The third-order valence-corrected chi connectivity index (χ3v) is 3.63. The predicted molar refractivity (Wildman–Crippen MR) is 40.6 cm³/mol. The highest BCUT2D eigenvalue weighted by atomic mass is 16.6. The highest BCUT2D eigenvalue weighted by molar-refractivity contribution is 6.00. The van der Waals surface area contributed by atoms with Crippen LogP contribution in [0.25, 0.3) is 0 Å². The Hall–Kier alpha value is -0.900. The number of fused-ring (bicyclic) bond motifs is 5. The normalized spacial score (nSPS) is 52.5. The van der Waals surface area contributed by atoms with Crippen LogP contribution in [0.2, 0.25) is 0 Å². The standard InChI is InChI=1S/C9H10O4/c1-9-5-3-2-4(12-5)6(9)7(10)13-8(9)11/h4-6H,2-3H2,1H3/t4-,5-,6+,9-/m0/s1. The van der Waals surface area contributed by atoms with Crippen molar-refractivity contribution in [3.05, 3.63) is 0 Å². The van der Waals surface area contributed by atoms with Crippen molar-refractivity contribution in [2.75, 3.05) is 0 Å². The van der Waals surface area contributed by atoms with Crippen molar-refractivity contribution in [1.82, 2.24) is 0 Å². The SMILES string of the molecule is C[C@@]12C(=O)OC(=O)[C@H]1[C@@H]1CC[C@@H]2O1. The van der Waals surface area contributed by atoms with Crippen LogP contribution < -0.4 is 0 Å². The van der Waals surface area contributed by atoms with E-state index in [2.05, 4.69) is 4.74 Å². The van der Waals surface area contributed by atoms with E-state index in [1.54, 1.807) is 6.92 Å². The van der Waals surface area contributed by atoms with Gasteiger partial charge in [-0.3, -0.25) is 9.59 Å². The lowest BCUT2D eigenvalue weighted by Gasteiger charge is -2.25. The Balaban J connectivity index is 2.12. The topological polar surface area (TPSA) is 52.6 Å². The monoisotopic (exact) mass is 182 g/mol. The second-order valence-corrected chi connectivity index (χ2v) is 4.21. The largest absolute Gasteiger partial charge is 0.392 e. The summed E-state index contributed by atoms with van der Waals surface area (Å²) in [6.45, 7) is 1.79. The molecule has 0 spiro atoms. The van der Waals surface area contributed by atoms with Crippen molar-refractivity contribution < 1.29 is 19.1 Å². The number of carbonyl (C=O) groups excluding carboxylic acids is 2. The van der Waals surface area contributed by atoms with Crippen LogP contribution in [-0.4, -0.2) is 24.1 Å². The highest BCUT2D eigenvalue weighted by Gasteiger charge is 2.69. The van der Waals surface area contributed by atoms with E-state index in [-0.39, 0.29) is 24.1 Å². The van der Waals surface area contributed by atoms with Crippen LogP contribution >= 0.6 is 0 Å². The first-order valence-electron chi connectivity index (χ1n) is 4.55. The molecule has 4 atom stereocenters. The summed E-state index contributed by atoms with van der Waals surface area (Å²) in [7, 11) is 0. The minimum absolute atomic E-state index is 0.0750. The molecule has 0 aromatic heterocycles. The van der Waals surface area contributed by atoms with Gasteiger partial charge in [0.25, 0.3) is 0 Å². The molecule has 70 valence electrons. The lowest BCUT2D eigenvalue weighted by Crippen LogP contribution is -2.40. The zero-order valence-corrected chi connectivity index (χ0v) is 7.28. The minimum atomic E-state index is -0.681. The van der Waals surface area contributed by atoms with E-state index in [9.17, 15) is 9.59 Å². The molecule has 13 heavy (non-hydrogen) atoms. The molecule has 0 aromatic rings. The molecule has 3 saturated heterocycles. The molecule has 3 rings (SSSR count). The van der Waals surface area contributed by atoms with Gasteiger partial charge in [-0.05, 0) is 19.8 Å². The van der Waals surface area contributed by atoms with Crippen molar-refractivity contribution in [3.63, 3.8) is 0 Å². The molecule has 3 fully saturated rings. The quantitative estimate of drug-likeness (QED) is 0.398. The molecule has 0 radical (unpaired) electrons. The van der Waals surface area contributed by atoms with E-state index in [1.165, 1.54) is 0 Å². The van der Waals surface area contributed by atoms with Gasteiger partial charge in [0.15, 0.2) is 0 Å². The van der Waals surface area contributed by atoms with Crippen LogP contribution in [0, 0.1) is 11.3 Å². The van der Waals surface area contributed by atoms with Crippen molar-refractivity contribution >= 4 is 11.9 Å². The fraction of sp³-hybridized carbons (Fsp3) is 0.778. The third-order valence-electron chi connectivity index (χ3n) is 3.63. The number of ether oxygens (including phenoxy) is 2. The van der Waals surface area contributed by atoms with Crippen molar-refractivity contribution in [3.8, 4) is 0 Å². The summed E-state index contributed by atoms with van der Waals surface area (Å²) < 4.78 is 10.2. The van der Waals surface area contributed by atoms with Crippen molar-refractivity contribution in [1.29, 1.82) is 0 Å². The molecule has 0 saturated carbocycles. The van der Waals surface area contributed by atoms with Gasteiger partial charge in [0.2, 0.25) is 0 Å². The Morgan fingerprint density at radius 3 is 2.85 bits per heavy atom. The molecule has 0 N–H and O–H groups in total. The molecule has 0 unspecified atom stereocenters. The number of carbonyl (C=O) groups is 2. The fourth-order valence-corrected chi connectivity index (χ4v) is 2.86. The summed E-state index contributed by atoms with van der Waals surface area (Å²) in [5.74, 6) is -1.12. The summed E-state index contributed by atoms with van der Waals surface area (Å²) in [4.78, 5) is 22.8. The molecule has 3 heterocycles. The Morgan fingerprint density at radius 2 is 2.15 bits per heavy atom. The van der Waals surface area contributed by atoms with Gasteiger partial charge in [0.1, 0.15) is 11.3 Å². The van der Waals surface area contributed by atoms with E-state index in [0.717, 1.165) is 12.8 Å². The molecule has 2 bridgehead atoms. The molecule has 3 aliphatic rings. The van der Waals surface area contributed by atoms with E-state index < -0.39 is 11.4 Å². The zero-order valence-electron chi connectivity index (χ0n) is 7.28. The first-order valence-corrected chi connectivity index (χ1v) is 4.55. The van der Waals surface area contributed by atoms with Gasteiger partial charge in [-0.15, -0.1) is 0 Å². The Morgan fingerprint density at radius 1 is 1.38 bits per heavy atom. The molecule has 0 amide bonds. The summed E-state index contributed by atoms with van der Waals surface area (Å²) in [6, 6.07) is 0. The summed E-state index contributed by atoms with van der Waals surface area (Å²) in [5, 5.41) is 0. The first-order chi connectivity index (χ1) is 6.14. The number of cyclic esters (lactones) is 2. The smallest absolute Gasteiger partial charge is 0.323 e. The number of esters is 2. The molecule has 3 aliphatic heterocycles. The average Bonchev–Trinajstić information content (AvgIpc) is 2.66. The average molecular weight is 182 g/mol. The van der Waals surface area contributed by atoms with Gasteiger partial charge in [-0.2, -0.15) is 0 Å². The van der Waals surface area contributed by atoms with Crippen LogP contribution in [-0.2, 0) is 19.1 Å². The van der Waals surface area contributed by atoms with Gasteiger partial charge in [-0.25, -0.2) is 0 Å². The van der Waals surface area contributed by atoms with Crippen LogP contribution in [0.15, 0.2) is 0 Å². The molecule has 0 aliphatic carbocycles. The van der Waals surface area contributed by atoms with Crippen LogP contribution in [0.1, 0.15) is 19.8 Å². The lowest BCUT2D eigenvalue weighted by molar-refractivity contribution is -0.158. The summed E-state index contributed by atoms with van der Waals surface area (Å²) >= 11 is 0. The van der Waals surface area contributed by atoms with E-state index >= 15 is 0 Å². The maximum absolute atomic E-state index is 11.5. The van der Waals surface area contributed by atoms with E-state index in [4.69, 9.17) is 4.74 Å². The second kappa shape index (κ2) is 1.95. The van der Waals surface area contributed by atoms with Crippen LogP contribution in [0.3, 0.4) is 0 Å². The van der Waals surface area contributed by atoms with Crippen LogP contribution in [0.5, 0.6) is 0 Å². The minimum Gasteiger partial charge on any atom is -0.392 e. The van der Waals surface area contributed by atoms with Crippen molar-refractivity contribution in [2.24, 2.45) is 11.3 Å². The van der Waals surface area contributed by atoms with Gasteiger partial charge >= 0.3 is 11.9 Å². The van der Waals surface area contributed by atoms with E-state index in [1.807, 2.05) is 0 Å². The number of hydrogen-bond donors (Lipinski definition) is 0. The molecule has 4 heteroatoms. The van der Waals surface area contributed by atoms with Crippen molar-refractivity contribution in [2.45, 2.75) is 32.0 Å². The maximum Gasteiger partial charge on any atom is 0.323 e.